The molecular weight excluding hydrogens is 312 g/mol. The fourth-order valence-corrected chi connectivity index (χ4v) is 3.86. The van der Waals surface area contributed by atoms with Gasteiger partial charge in [-0.15, -0.1) is 0 Å². The Kier molecular flexibility index (Phi) is 3.15. The number of carbonyl (C=O) groups excluding carboxylic acids is 1. The maximum atomic E-state index is 12.6. The number of aromatic nitrogens is 5. The summed E-state index contributed by atoms with van der Waals surface area (Å²) in [5.41, 5.74) is 4.98. The lowest BCUT2D eigenvalue weighted by molar-refractivity contribution is 0.102. The number of anilines is 1. The maximum Gasteiger partial charge on any atom is 0.275 e. The van der Waals surface area contributed by atoms with Crippen LogP contribution in [0.5, 0.6) is 0 Å². The first kappa shape index (κ1) is 14.3. The molecule has 7 nitrogen and oxygen atoms in total. The van der Waals surface area contributed by atoms with Gasteiger partial charge in [0.15, 0.2) is 5.65 Å². The quantitative estimate of drug-likeness (QED) is 0.779. The van der Waals surface area contributed by atoms with Crippen molar-refractivity contribution >= 4 is 29.1 Å². The molecule has 118 valence electrons. The summed E-state index contributed by atoms with van der Waals surface area (Å²) in [6.45, 7) is 3.82. The zero-order valence-electron chi connectivity index (χ0n) is 13.1. The van der Waals surface area contributed by atoms with E-state index in [-0.39, 0.29) is 5.91 Å². The molecule has 1 aliphatic rings. The van der Waals surface area contributed by atoms with Gasteiger partial charge in [-0.05, 0) is 19.9 Å². The van der Waals surface area contributed by atoms with Crippen molar-refractivity contribution in [2.75, 3.05) is 5.32 Å². The van der Waals surface area contributed by atoms with Crippen LogP contribution >= 0.6 is 11.8 Å². The zero-order valence-corrected chi connectivity index (χ0v) is 13.9. The molecule has 0 saturated heterocycles. The summed E-state index contributed by atoms with van der Waals surface area (Å²) in [4.78, 5) is 17.0. The highest BCUT2D eigenvalue weighted by atomic mass is 32.2. The van der Waals surface area contributed by atoms with Crippen LogP contribution in [0.3, 0.4) is 0 Å². The molecule has 0 aromatic carbocycles. The molecule has 0 unspecified atom stereocenters. The molecule has 4 rings (SSSR count). The summed E-state index contributed by atoms with van der Waals surface area (Å²) in [6, 6.07) is 3.61. The Bertz CT molecular complexity index is 941. The number of fused-ring (bicyclic) bond motifs is 2. The lowest BCUT2D eigenvalue weighted by Gasteiger charge is -2.08. The number of rotatable bonds is 2. The highest BCUT2D eigenvalue weighted by Gasteiger charge is 2.23. The minimum absolute atomic E-state index is 0.225. The maximum absolute atomic E-state index is 12.6. The molecule has 0 atom stereocenters. The highest BCUT2D eigenvalue weighted by molar-refractivity contribution is 7.98. The number of thioether (sulfide) groups is 1. The molecule has 8 heteroatoms. The van der Waals surface area contributed by atoms with E-state index in [4.69, 9.17) is 0 Å². The molecule has 0 aliphatic carbocycles. The third-order valence-electron chi connectivity index (χ3n) is 3.91. The van der Waals surface area contributed by atoms with E-state index in [9.17, 15) is 4.79 Å². The van der Waals surface area contributed by atoms with E-state index in [0.29, 0.717) is 11.3 Å². The number of aryl methyl sites for hydroxylation is 3. The minimum atomic E-state index is -0.225. The average Bonchev–Trinajstić information content (AvgIpc) is 3.15. The predicted molar refractivity (Wildman–Crippen MR) is 88.6 cm³/mol. The predicted octanol–water partition coefficient (Wildman–Crippen LogP) is 2.08. The third kappa shape index (κ3) is 2.29. The van der Waals surface area contributed by atoms with Crippen LogP contribution in [-0.2, 0) is 18.6 Å². The Labute approximate surface area is 137 Å². The van der Waals surface area contributed by atoms with Gasteiger partial charge in [-0.25, -0.2) is 9.50 Å². The molecular formula is C15H16N6OS. The average molecular weight is 328 g/mol. The van der Waals surface area contributed by atoms with Crippen molar-refractivity contribution in [3.8, 4) is 0 Å². The van der Waals surface area contributed by atoms with E-state index in [1.165, 1.54) is 0 Å². The molecule has 0 radical (unpaired) electrons. The molecule has 0 saturated carbocycles. The van der Waals surface area contributed by atoms with Crippen molar-refractivity contribution in [2.45, 2.75) is 25.4 Å². The SMILES string of the molecule is Cc1cc2nc(C(=O)Nc3c4c(nn3C)CSC4)cc(C)n2n1. The molecule has 1 amide bonds. The molecule has 1 N–H and O–H groups in total. The summed E-state index contributed by atoms with van der Waals surface area (Å²) in [7, 11) is 1.85. The number of carbonyl (C=O) groups is 1. The molecule has 1 aliphatic heterocycles. The van der Waals surface area contributed by atoms with Crippen molar-refractivity contribution in [3.05, 3.63) is 40.5 Å². The van der Waals surface area contributed by atoms with E-state index in [0.717, 1.165) is 40.0 Å². The lowest BCUT2D eigenvalue weighted by atomic mass is 10.2. The summed E-state index contributed by atoms with van der Waals surface area (Å²) in [6.07, 6.45) is 0. The van der Waals surface area contributed by atoms with Crippen molar-refractivity contribution in [1.29, 1.82) is 0 Å². The van der Waals surface area contributed by atoms with Crippen LogP contribution in [0.1, 0.15) is 33.1 Å². The second-order valence-electron chi connectivity index (χ2n) is 5.68. The fraction of sp³-hybridized carbons (Fsp3) is 0.333. The second kappa shape index (κ2) is 5.09. The lowest BCUT2D eigenvalue weighted by Crippen LogP contribution is -2.18. The van der Waals surface area contributed by atoms with Gasteiger partial charge < -0.3 is 5.32 Å². The van der Waals surface area contributed by atoms with E-state index in [2.05, 4.69) is 20.5 Å². The van der Waals surface area contributed by atoms with Gasteiger partial charge in [-0.1, -0.05) is 0 Å². The minimum Gasteiger partial charge on any atom is -0.305 e. The normalized spacial score (nSPS) is 13.5. The summed E-state index contributed by atoms with van der Waals surface area (Å²) in [5, 5.41) is 11.8. The Hall–Kier alpha value is -2.35. The van der Waals surface area contributed by atoms with Crippen LogP contribution in [-0.4, -0.2) is 30.3 Å². The van der Waals surface area contributed by atoms with Crippen LogP contribution < -0.4 is 5.32 Å². The van der Waals surface area contributed by atoms with E-state index in [1.54, 1.807) is 15.3 Å². The Morgan fingerprint density at radius 1 is 1.26 bits per heavy atom. The Morgan fingerprint density at radius 2 is 2.09 bits per heavy atom. The summed E-state index contributed by atoms with van der Waals surface area (Å²) < 4.78 is 3.47. The number of nitrogens with zero attached hydrogens (tertiary/aromatic N) is 5. The molecule has 23 heavy (non-hydrogen) atoms. The monoisotopic (exact) mass is 328 g/mol. The smallest absolute Gasteiger partial charge is 0.275 e. The van der Waals surface area contributed by atoms with Gasteiger partial charge in [-0.2, -0.15) is 22.0 Å². The van der Waals surface area contributed by atoms with E-state index < -0.39 is 0 Å². The first-order chi connectivity index (χ1) is 11.0. The van der Waals surface area contributed by atoms with Crippen molar-refractivity contribution < 1.29 is 4.79 Å². The van der Waals surface area contributed by atoms with Crippen LogP contribution in [0.2, 0.25) is 0 Å². The topological polar surface area (TPSA) is 77.1 Å². The van der Waals surface area contributed by atoms with Gasteiger partial charge >= 0.3 is 0 Å². The highest BCUT2D eigenvalue weighted by Crippen LogP contribution is 2.34. The summed E-state index contributed by atoms with van der Waals surface area (Å²) >= 11 is 1.81. The Morgan fingerprint density at radius 3 is 2.91 bits per heavy atom. The summed E-state index contributed by atoms with van der Waals surface area (Å²) in [5.74, 6) is 2.32. The zero-order chi connectivity index (χ0) is 16.1. The van der Waals surface area contributed by atoms with Crippen LogP contribution in [0.15, 0.2) is 12.1 Å². The van der Waals surface area contributed by atoms with Crippen LogP contribution in [0.4, 0.5) is 5.82 Å². The standard InChI is InChI=1S/C15H16N6OS/c1-8-4-13-16-11(5-9(2)21(13)18-8)15(22)17-14-10-6-23-7-12(10)19-20(14)3/h4-5H,6-7H2,1-3H3,(H,17,22). The number of nitrogens with one attached hydrogen (secondary N) is 1. The number of hydrogen-bond acceptors (Lipinski definition) is 5. The molecule has 0 fully saturated rings. The Balaban J connectivity index is 1.70. The molecule has 0 spiro atoms. The third-order valence-corrected chi connectivity index (χ3v) is 4.88. The van der Waals surface area contributed by atoms with Gasteiger partial charge in [0.25, 0.3) is 5.91 Å². The fourth-order valence-electron chi connectivity index (χ4n) is 2.82. The van der Waals surface area contributed by atoms with Gasteiger partial charge in [0.1, 0.15) is 11.5 Å². The van der Waals surface area contributed by atoms with Gasteiger partial charge in [0, 0.05) is 35.9 Å². The molecule has 4 heterocycles. The van der Waals surface area contributed by atoms with Crippen molar-refractivity contribution in [1.82, 2.24) is 24.4 Å². The van der Waals surface area contributed by atoms with Crippen molar-refractivity contribution in [2.24, 2.45) is 7.05 Å². The molecule has 0 bridgehead atoms. The van der Waals surface area contributed by atoms with Gasteiger partial charge in [0.2, 0.25) is 0 Å². The van der Waals surface area contributed by atoms with E-state index >= 15 is 0 Å². The molecule has 3 aromatic heterocycles. The van der Waals surface area contributed by atoms with Crippen LogP contribution in [0.25, 0.3) is 5.65 Å². The number of hydrogen-bond donors (Lipinski definition) is 1. The second-order valence-corrected chi connectivity index (χ2v) is 6.67. The largest absolute Gasteiger partial charge is 0.305 e. The van der Waals surface area contributed by atoms with Crippen LogP contribution in [0, 0.1) is 13.8 Å². The van der Waals surface area contributed by atoms with E-state index in [1.807, 2.05) is 38.7 Å². The van der Waals surface area contributed by atoms with Gasteiger partial charge in [0.05, 0.1) is 11.4 Å². The first-order valence-corrected chi connectivity index (χ1v) is 8.46. The first-order valence-electron chi connectivity index (χ1n) is 7.31. The number of amides is 1. The van der Waals surface area contributed by atoms with Gasteiger partial charge in [-0.3, -0.25) is 9.48 Å². The van der Waals surface area contributed by atoms with Crippen molar-refractivity contribution in [3.63, 3.8) is 0 Å². The molecule has 3 aromatic rings.